The van der Waals surface area contributed by atoms with Crippen molar-refractivity contribution in [2.75, 3.05) is 13.2 Å². The third-order valence-electron chi connectivity index (χ3n) is 2.64. The molecule has 0 radical (unpaired) electrons. The van der Waals surface area contributed by atoms with Crippen LogP contribution in [0.2, 0.25) is 5.15 Å². The maximum Gasteiger partial charge on any atom is 0.138 e. The molecule has 0 unspecified atom stereocenters. The third kappa shape index (κ3) is 2.61. The van der Waals surface area contributed by atoms with Crippen LogP contribution in [0.15, 0.2) is 12.3 Å². The summed E-state index contributed by atoms with van der Waals surface area (Å²) in [6.07, 6.45) is 3.76. The van der Waals surface area contributed by atoms with Crippen molar-refractivity contribution >= 4 is 11.6 Å². The Labute approximate surface area is 94.8 Å². The maximum atomic E-state index is 5.92. The van der Waals surface area contributed by atoms with E-state index in [1.807, 2.05) is 6.07 Å². The van der Waals surface area contributed by atoms with E-state index in [4.69, 9.17) is 16.3 Å². The number of halogens is 1. The molecule has 82 valence electrons. The molecule has 0 aromatic carbocycles. The van der Waals surface area contributed by atoms with Gasteiger partial charge < -0.3 is 10.1 Å². The van der Waals surface area contributed by atoms with E-state index in [-0.39, 0.29) is 0 Å². The fourth-order valence-corrected chi connectivity index (χ4v) is 1.72. The number of ether oxygens (including phenoxy) is 1. The molecule has 4 heteroatoms. The summed E-state index contributed by atoms with van der Waals surface area (Å²) < 4.78 is 5.62. The van der Waals surface area contributed by atoms with Crippen molar-refractivity contribution < 1.29 is 4.74 Å². The molecule has 1 aromatic heterocycles. The van der Waals surface area contributed by atoms with Crippen molar-refractivity contribution in [2.45, 2.75) is 25.8 Å². The molecule has 1 aliphatic heterocycles. The summed E-state index contributed by atoms with van der Waals surface area (Å²) in [5.41, 5.74) is 1.04. The Kier molecular flexibility index (Phi) is 3.44. The van der Waals surface area contributed by atoms with Crippen LogP contribution in [-0.2, 0) is 6.42 Å². The van der Waals surface area contributed by atoms with Crippen molar-refractivity contribution in [3.63, 3.8) is 0 Å². The van der Waals surface area contributed by atoms with Crippen molar-refractivity contribution in [2.24, 2.45) is 0 Å². The number of aryl methyl sites for hydroxylation is 1. The molecule has 1 N–H and O–H groups in total. The Morgan fingerprint density at radius 2 is 2.47 bits per heavy atom. The summed E-state index contributed by atoms with van der Waals surface area (Å²) in [4.78, 5) is 4.09. The lowest BCUT2D eigenvalue weighted by atomic mass is 10.1. The zero-order valence-electron chi connectivity index (χ0n) is 8.79. The van der Waals surface area contributed by atoms with Crippen molar-refractivity contribution in [1.82, 2.24) is 10.3 Å². The van der Waals surface area contributed by atoms with Crippen LogP contribution in [0.1, 0.15) is 18.9 Å². The van der Waals surface area contributed by atoms with Gasteiger partial charge in [0.15, 0.2) is 0 Å². The normalized spacial score (nSPS) is 19.7. The molecule has 0 bridgehead atoms. The van der Waals surface area contributed by atoms with Crippen LogP contribution in [0.4, 0.5) is 0 Å². The average molecular weight is 227 g/mol. The summed E-state index contributed by atoms with van der Waals surface area (Å²) in [6.45, 7) is 3.87. The van der Waals surface area contributed by atoms with E-state index in [1.54, 1.807) is 6.20 Å². The van der Waals surface area contributed by atoms with Crippen LogP contribution >= 0.6 is 11.6 Å². The van der Waals surface area contributed by atoms with E-state index in [2.05, 4.69) is 17.2 Å². The van der Waals surface area contributed by atoms with Gasteiger partial charge in [0.2, 0.25) is 0 Å². The van der Waals surface area contributed by atoms with Gasteiger partial charge in [-0.05, 0) is 31.0 Å². The minimum Gasteiger partial charge on any atom is -0.490 e. The Balaban J connectivity index is 1.95. The lowest BCUT2D eigenvalue weighted by molar-refractivity contribution is 0.217. The molecule has 0 amide bonds. The van der Waals surface area contributed by atoms with Gasteiger partial charge in [-0.3, -0.25) is 0 Å². The lowest BCUT2D eigenvalue weighted by Crippen LogP contribution is -2.46. The van der Waals surface area contributed by atoms with E-state index in [9.17, 15) is 0 Å². The smallest absolute Gasteiger partial charge is 0.138 e. The summed E-state index contributed by atoms with van der Waals surface area (Å²) >= 11 is 5.92. The van der Waals surface area contributed by atoms with Crippen LogP contribution in [0, 0.1) is 0 Å². The zero-order chi connectivity index (χ0) is 10.7. The van der Waals surface area contributed by atoms with Gasteiger partial charge in [0.1, 0.15) is 17.5 Å². The first kappa shape index (κ1) is 10.7. The van der Waals surface area contributed by atoms with Crippen LogP contribution in [-0.4, -0.2) is 24.2 Å². The molecule has 15 heavy (non-hydrogen) atoms. The molecule has 1 aromatic rings. The second-order valence-electron chi connectivity index (χ2n) is 3.73. The summed E-state index contributed by atoms with van der Waals surface area (Å²) in [5.74, 6) is 0.810. The van der Waals surface area contributed by atoms with Crippen molar-refractivity contribution in [3.05, 3.63) is 23.0 Å². The standard InChI is InChI=1S/C11H15ClN2O/c1-2-8-5-10(6-14-11(8)12)15-7-9-3-4-13-9/h5-6,9,13H,2-4,7H2,1H3/t9-/m0/s1. The predicted octanol–water partition coefficient (Wildman–Crippen LogP) is 2.04. The largest absolute Gasteiger partial charge is 0.490 e. The number of pyridine rings is 1. The van der Waals surface area contributed by atoms with Gasteiger partial charge in [0, 0.05) is 6.04 Å². The van der Waals surface area contributed by atoms with Gasteiger partial charge in [-0.15, -0.1) is 0 Å². The maximum absolute atomic E-state index is 5.92. The fourth-order valence-electron chi connectivity index (χ4n) is 1.49. The molecule has 1 atom stereocenters. The Bertz CT molecular complexity index is 339. The minimum atomic E-state index is 0.505. The van der Waals surface area contributed by atoms with Crippen LogP contribution in [0.3, 0.4) is 0 Å². The number of rotatable bonds is 4. The third-order valence-corrected chi connectivity index (χ3v) is 2.98. The quantitative estimate of drug-likeness (QED) is 0.798. The molecule has 1 saturated heterocycles. The van der Waals surface area contributed by atoms with E-state index in [1.165, 1.54) is 6.42 Å². The van der Waals surface area contributed by atoms with Gasteiger partial charge in [-0.25, -0.2) is 4.98 Å². The summed E-state index contributed by atoms with van der Waals surface area (Å²) in [7, 11) is 0. The van der Waals surface area contributed by atoms with Crippen LogP contribution in [0.5, 0.6) is 5.75 Å². The molecule has 0 aliphatic carbocycles. The molecule has 2 heterocycles. The van der Waals surface area contributed by atoms with E-state index in [0.717, 1.165) is 24.3 Å². The highest BCUT2D eigenvalue weighted by Gasteiger charge is 2.16. The Morgan fingerprint density at radius 3 is 3.07 bits per heavy atom. The second-order valence-corrected chi connectivity index (χ2v) is 4.08. The number of aromatic nitrogens is 1. The Hall–Kier alpha value is -0.800. The van der Waals surface area contributed by atoms with Gasteiger partial charge in [-0.2, -0.15) is 0 Å². The number of nitrogens with one attached hydrogen (secondary N) is 1. The number of nitrogens with zero attached hydrogens (tertiary/aromatic N) is 1. The van der Waals surface area contributed by atoms with Crippen molar-refractivity contribution in [1.29, 1.82) is 0 Å². The zero-order valence-corrected chi connectivity index (χ0v) is 9.55. The highest BCUT2D eigenvalue weighted by molar-refractivity contribution is 6.30. The van der Waals surface area contributed by atoms with E-state index >= 15 is 0 Å². The summed E-state index contributed by atoms with van der Waals surface area (Å²) in [6, 6.07) is 2.47. The molecule has 0 saturated carbocycles. The lowest BCUT2D eigenvalue weighted by Gasteiger charge is -2.27. The SMILES string of the molecule is CCc1cc(OC[C@@H]2CCN2)cnc1Cl. The minimum absolute atomic E-state index is 0.505. The van der Waals surface area contributed by atoms with Crippen LogP contribution < -0.4 is 10.1 Å². The second kappa shape index (κ2) is 4.81. The monoisotopic (exact) mass is 226 g/mol. The average Bonchev–Trinajstić information content (AvgIpc) is 2.18. The molecular weight excluding hydrogens is 212 g/mol. The molecule has 3 nitrogen and oxygen atoms in total. The van der Waals surface area contributed by atoms with Crippen molar-refractivity contribution in [3.8, 4) is 5.75 Å². The first-order valence-electron chi connectivity index (χ1n) is 5.30. The highest BCUT2D eigenvalue weighted by Crippen LogP contribution is 2.20. The predicted molar refractivity (Wildman–Crippen MR) is 60.5 cm³/mol. The fraction of sp³-hybridized carbons (Fsp3) is 0.545. The van der Waals surface area contributed by atoms with E-state index in [0.29, 0.717) is 17.8 Å². The molecular formula is C11H15ClN2O. The topological polar surface area (TPSA) is 34.1 Å². The highest BCUT2D eigenvalue weighted by atomic mass is 35.5. The molecule has 0 spiro atoms. The number of hydrogen-bond donors (Lipinski definition) is 1. The van der Waals surface area contributed by atoms with Gasteiger partial charge >= 0.3 is 0 Å². The summed E-state index contributed by atoms with van der Waals surface area (Å²) in [5, 5.41) is 3.86. The van der Waals surface area contributed by atoms with Crippen LogP contribution in [0.25, 0.3) is 0 Å². The molecule has 1 fully saturated rings. The van der Waals surface area contributed by atoms with E-state index < -0.39 is 0 Å². The first-order chi connectivity index (χ1) is 7.29. The Morgan fingerprint density at radius 1 is 1.67 bits per heavy atom. The molecule has 1 aliphatic rings. The first-order valence-corrected chi connectivity index (χ1v) is 5.68. The number of hydrogen-bond acceptors (Lipinski definition) is 3. The van der Waals surface area contributed by atoms with Gasteiger partial charge in [-0.1, -0.05) is 18.5 Å². The van der Waals surface area contributed by atoms with Gasteiger partial charge in [0.05, 0.1) is 6.20 Å². The van der Waals surface area contributed by atoms with Gasteiger partial charge in [0.25, 0.3) is 0 Å². The molecule has 2 rings (SSSR count).